The fourth-order valence-electron chi connectivity index (χ4n) is 10.6. The van der Waals surface area contributed by atoms with E-state index >= 15 is 0 Å². The normalized spacial score (nSPS) is 16.9. The molecule has 0 saturated heterocycles. The van der Waals surface area contributed by atoms with E-state index in [1.165, 1.54) is 277 Å². The van der Waals surface area contributed by atoms with Crippen LogP contribution in [0, 0.1) is 51.4 Å². The monoisotopic (exact) mass is 1020 g/mol. The van der Waals surface area contributed by atoms with Gasteiger partial charge in [0.05, 0.1) is 0 Å². The van der Waals surface area contributed by atoms with Crippen LogP contribution in [0.1, 0.15) is 339 Å². The number of unbranched alkanes of at least 4 members (excludes halogenated alkanes) is 27. The predicted molar refractivity (Wildman–Crippen MR) is 340 cm³/mol. The summed E-state index contributed by atoms with van der Waals surface area (Å²) in [5, 5.41) is 0. The first-order valence-electron chi connectivity index (χ1n) is 33.2. The molecule has 2 aliphatic carbocycles. The van der Waals surface area contributed by atoms with Gasteiger partial charge in [-0.15, -0.1) is 0 Å². The van der Waals surface area contributed by atoms with E-state index in [1.54, 1.807) is 6.42 Å². The molecule has 3 aromatic carbocycles. The van der Waals surface area contributed by atoms with E-state index in [2.05, 4.69) is 156 Å². The zero-order valence-electron chi connectivity index (χ0n) is 52.5. The Bertz CT molecular complexity index is 1380. The fourth-order valence-corrected chi connectivity index (χ4v) is 10.6. The van der Waals surface area contributed by atoms with Gasteiger partial charge in [0.2, 0.25) is 0 Å². The first kappa shape index (κ1) is 71.7. The van der Waals surface area contributed by atoms with E-state index < -0.39 is 0 Å². The zero-order valence-corrected chi connectivity index (χ0v) is 52.5. The van der Waals surface area contributed by atoms with Crippen molar-refractivity contribution in [3.8, 4) is 0 Å². The third-order valence-corrected chi connectivity index (χ3v) is 16.2. The molecular formula is C74H132. The maximum absolute atomic E-state index is 2.43. The molecule has 0 heteroatoms. The van der Waals surface area contributed by atoms with Gasteiger partial charge < -0.3 is 0 Å². The molecule has 0 radical (unpaired) electrons. The van der Waals surface area contributed by atoms with Gasteiger partial charge in [0.1, 0.15) is 0 Å². The molecule has 0 unspecified atom stereocenters. The van der Waals surface area contributed by atoms with Crippen molar-refractivity contribution in [1.82, 2.24) is 0 Å². The van der Waals surface area contributed by atoms with Crippen LogP contribution in [0.4, 0.5) is 0 Å². The van der Waals surface area contributed by atoms with Crippen LogP contribution in [0.15, 0.2) is 72.8 Å². The van der Waals surface area contributed by atoms with E-state index in [9.17, 15) is 0 Å². The molecule has 2 aliphatic rings. The summed E-state index contributed by atoms with van der Waals surface area (Å²) >= 11 is 0. The van der Waals surface area contributed by atoms with Gasteiger partial charge in [-0.05, 0) is 75.3 Å². The molecule has 3 aromatic rings. The Morgan fingerprint density at radius 3 is 0.622 bits per heavy atom. The Morgan fingerprint density at radius 1 is 0.257 bits per heavy atom. The van der Waals surface area contributed by atoms with E-state index in [0.717, 1.165) is 30.1 Å². The quantitative estimate of drug-likeness (QED) is 0.0564. The highest BCUT2D eigenvalue weighted by Gasteiger charge is 2.24. The third-order valence-electron chi connectivity index (χ3n) is 16.2. The average molecular weight is 1020 g/mol. The van der Waals surface area contributed by atoms with Crippen LogP contribution >= 0.6 is 0 Å². The Balaban J connectivity index is 0.000000875. The molecule has 2 saturated carbocycles. The van der Waals surface area contributed by atoms with Gasteiger partial charge >= 0.3 is 0 Å². The molecule has 2 fully saturated rings. The second-order valence-electron chi connectivity index (χ2n) is 24.3. The van der Waals surface area contributed by atoms with Crippen molar-refractivity contribution in [2.75, 3.05) is 0 Å². The summed E-state index contributed by atoms with van der Waals surface area (Å²) in [5.41, 5.74) is 8.06. The topological polar surface area (TPSA) is 0 Å². The summed E-state index contributed by atoms with van der Waals surface area (Å²) in [7, 11) is 0. The van der Waals surface area contributed by atoms with Gasteiger partial charge in [-0.3, -0.25) is 0 Å². The summed E-state index contributed by atoms with van der Waals surface area (Å²) in [6.07, 6.45) is 58.1. The molecule has 0 aromatic heterocycles. The van der Waals surface area contributed by atoms with Crippen molar-refractivity contribution in [1.29, 1.82) is 0 Å². The molecule has 74 heavy (non-hydrogen) atoms. The van der Waals surface area contributed by atoms with Crippen molar-refractivity contribution >= 4 is 0 Å². The first-order chi connectivity index (χ1) is 36.0. The lowest BCUT2D eigenvalue weighted by Gasteiger charge is -2.32. The zero-order chi connectivity index (χ0) is 54.5. The molecule has 5 rings (SSSR count). The van der Waals surface area contributed by atoms with E-state index in [1.807, 2.05) is 0 Å². The van der Waals surface area contributed by atoms with Gasteiger partial charge in [-0.1, -0.05) is 394 Å². The number of aryl methyl sites for hydroxylation is 4. The second-order valence-corrected chi connectivity index (χ2v) is 24.3. The summed E-state index contributed by atoms with van der Waals surface area (Å²) in [6, 6.07) is 26.0. The molecule has 0 nitrogen and oxygen atoms in total. The van der Waals surface area contributed by atoms with E-state index in [4.69, 9.17) is 0 Å². The molecule has 0 aliphatic heterocycles. The standard InChI is InChI=1S/C15H28.C15H16.C14H30.C12H26.C10H22.C8H10/c2*1-12-3-7-14(8-4-12)11-15-9-5-13(2)6-10-15;1-3-5-7-9-11-13-14-12-10-8-6-4-2;1-3-5-7-9-11-12-10-8-6-4-2;1-3-5-7-9-10-8-6-4-2;1-7-3-5-8(2)6-4-7/h12-15H,3-11H2,1-2H3;3-10H,11H2,1-2H3;3-14H2,1-2H3;3-12H2,1-2H3;3-10H2,1-2H3;3-6H,1-2H3. The molecule has 0 atom stereocenters. The molecule has 0 N–H and O–H groups in total. The van der Waals surface area contributed by atoms with Crippen LogP contribution in [0.3, 0.4) is 0 Å². The minimum Gasteiger partial charge on any atom is -0.0654 e. The molecule has 0 heterocycles. The Labute approximate surface area is 467 Å². The number of hydrogen-bond acceptors (Lipinski definition) is 0. The van der Waals surface area contributed by atoms with Crippen LogP contribution in [0.5, 0.6) is 0 Å². The van der Waals surface area contributed by atoms with Crippen molar-refractivity contribution in [3.63, 3.8) is 0 Å². The van der Waals surface area contributed by atoms with Crippen molar-refractivity contribution in [2.24, 2.45) is 23.7 Å². The van der Waals surface area contributed by atoms with Crippen LogP contribution in [-0.4, -0.2) is 0 Å². The minimum atomic E-state index is 1.02. The lowest BCUT2D eigenvalue weighted by Crippen LogP contribution is -2.19. The highest BCUT2D eigenvalue weighted by Crippen LogP contribution is 2.38. The Kier molecular flexibility index (Phi) is 52.3. The molecule has 428 valence electrons. The van der Waals surface area contributed by atoms with E-state index in [-0.39, 0.29) is 0 Å². The Hall–Kier alpha value is -2.34. The summed E-state index contributed by atoms with van der Waals surface area (Å²) in [6.45, 7) is 27.0. The van der Waals surface area contributed by atoms with Crippen molar-refractivity contribution in [3.05, 3.63) is 106 Å². The van der Waals surface area contributed by atoms with Crippen LogP contribution < -0.4 is 0 Å². The lowest BCUT2D eigenvalue weighted by molar-refractivity contribution is 0.201. The molecule has 0 spiro atoms. The summed E-state index contributed by atoms with van der Waals surface area (Å²) in [4.78, 5) is 0. The highest BCUT2D eigenvalue weighted by atomic mass is 14.3. The number of rotatable bonds is 31. The van der Waals surface area contributed by atoms with Crippen LogP contribution in [-0.2, 0) is 6.42 Å². The molecule has 0 bridgehead atoms. The lowest BCUT2D eigenvalue weighted by atomic mass is 9.74. The fraction of sp³-hybridized carbons (Fsp3) is 0.757. The third kappa shape index (κ3) is 48.1. The van der Waals surface area contributed by atoms with E-state index in [0.29, 0.717) is 0 Å². The maximum Gasteiger partial charge on any atom is -0.00258 e. The molecule has 0 amide bonds. The van der Waals surface area contributed by atoms with Crippen molar-refractivity contribution < 1.29 is 0 Å². The van der Waals surface area contributed by atoms with Crippen molar-refractivity contribution in [2.45, 2.75) is 340 Å². The first-order valence-corrected chi connectivity index (χ1v) is 33.2. The largest absolute Gasteiger partial charge is 0.0654 e. The SMILES string of the molecule is CC1CCC(CC2CCC(C)CC2)CC1.CCCCCCCCCC.CCCCCCCCCCCC.CCCCCCCCCCCCCC.Cc1ccc(C)cc1.Cc1ccc(Cc2ccc(C)cc2)cc1. The van der Waals surface area contributed by atoms with Crippen LogP contribution in [0.25, 0.3) is 0 Å². The van der Waals surface area contributed by atoms with Gasteiger partial charge in [-0.2, -0.15) is 0 Å². The highest BCUT2D eigenvalue weighted by molar-refractivity contribution is 5.29. The summed E-state index contributed by atoms with van der Waals surface area (Å²) < 4.78 is 0. The van der Waals surface area contributed by atoms with Gasteiger partial charge in [0, 0.05) is 0 Å². The number of hydrogen-bond donors (Lipinski definition) is 0. The number of benzene rings is 3. The second kappa shape index (κ2) is 54.0. The predicted octanol–water partition coefficient (Wildman–Crippen LogP) is 26.0. The minimum absolute atomic E-state index is 1.02. The van der Waals surface area contributed by atoms with Crippen LogP contribution in [0.2, 0.25) is 0 Å². The van der Waals surface area contributed by atoms with Gasteiger partial charge in [0.15, 0.2) is 0 Å². The Morgan fingerprint density at radius 2 is 0.432 bits per heavy atom. The maximum atomic E-state index is 2.43. The van der Waals surface area contributed by atoms with Gasteiger partial charge in [0.25, 0.3) is 0 Å². The summed E-state index contributed by atoms with van der Waals surface area (Å²) in [5.74, 6) is 4.24. The van der Waals surface area contributed by atoms with Gasteiger partial charge in [-0.25, -0.2) is 0 Å². The molecular weight excluding hydrogens is 889 g/mol. The smallest absolute Gasteiger partial charge is 0.00258 e. The average Bonchev–Trinajstić information content (AvgIpc) is 3.41.